The smallest absolute Gasteiger partial charge is 0.218 e. The first kappa shape index (κ1) is 28.8. The van der Waals surface area contributed by atoms with Crippen molar-refractivity contribution in [3.8, 4) is 11.8 Å². The van der Waals surface area contributed by atoms with Gasteiger partial charge in [-0.05, 0) is 101 Å². The fourth-order valence-electron chi connectivity index (χ4n) is 5.78. The second-order valence-electron chi connectivity index (χ2n) is 10.5. The maximum atomic E-state index is 13.9. The maximum Gasteiger partial charge on any atom is 0.218 e. The van der Waals surface area contributed by atoms with Crippen LogP contribution >= 0.6 is 0 Å². The Morgan fingerprint density at radius 3 is 1.24 bits per heavy atom. The first-order valence-corrected chi connectivity index (χ1v) is 14.4. The molecule has 0 atom stereocenters. The summed E-state index contributed by atoms with van der Waals surface area (Å²) in [6.07, 6.45) is 0. The topological polar surface area (TPSA) is 107 Å². The van der Waals surface area contributed by atoms with E-state index in [1.54, 1.807) is 24.3 Å². The van der Waals surface area contributed by atoms with Gasteiger partial charge in [-0.15, -0.1) is 0 Å². The molecule has 0 saturated heterocycles. The van der Waals surface area contributed by atoms with Crippen LogP contribution in [0.2, 0.25) is 0 Å². The Bertz CT molecular complexity index is 1850. The summed E-state index contributed by atoms with van der Waals surface area (Å²) in [5, 5.41) is 23.7. The minimum absolute atomic E-state index is 0.0278. The van der Waals surface area contributed by atoms with Gasteiger partial charge in [-0.3, -0.25) is 9.59 Å². The number of hydrogen-bond acceptors (Lipinski definition) is 8. The van der Waals surface area contributed by atoms with E-state index in [2.05, 4.69) is 47.5 Å². The van der Waals surface area contributed by atoms with Crippen molar-refractivity contribution in [3.63, 3.8) is 0 Å². The molecular weight excluding hydrogens is 528 g/mol. The van der Waals surface area contributed by atoms with Gasteiger partial charge in [0.15, 0.2) is 0 Å². The van der Waals surface area contributed by atoms with Gasteiger partial charge in [-0.1, -0.05) is 0 Å². The summed E-state index contributed by atoms with van der Waals surface area (Å²) in [6, 6.07) is 13.9. The molecule has 8 aromatic rings. The van der Waals surface area contributed by atoms with E-state index in [0.717, 1.165) is 48.7 Å². The molecule has 4 heterocycles. The van der Waals surface area contributed by atoms with Crippen LogP contribution in [0.1, 0.15) is 38.8 Å². The van der Waals surface area contributed by atoms with Gasteiger partial charge in [0.1, 0.15) is 0 Å². The third-order valence-corrected chi connectivity index (χ3v) is 8.14. The second-order valence-corrected chi connectivity index (χ2v) is 10.5. The molecule has 0 amide bonds. The highest BCUT2D eigenvalue weighted by molar-refractivity contribution is 6.09. The Labute approximate surface area is 244 Å². The Hall–Kier alpha value is -4.72. The lowest BCUT2D eigenvalue weighted by Gasteiger charge is -2.23. The monoisotopic (exact) mass is 564 g/mol. The van der Waals surface area contributed by atoms with Gasteiger partial charge >= 0.3 is 0 Å². The van der Waals surface area contributed by atoms with Crippen LogP contribution in [0.25, 0.3) is 43.4 Å². The standard InChI is InChI=1S/C34H36N4O4/c1-7-37(8-2)27-17-25-23(15-19(27)5)29-31(39)30(32(29)40)24-16-20(6)28(38(9-3)10-4)18-26(24)36-34(42)22-13-11-21(12-14-22)33(41)35-25/h11-18,41-42H,7-10H2,1-6H3. The molecule has 0 fully saturated rings. The molecule has 0 saturated carbocycles. The Morgan fingerprint density at radius 2 is 0.929 bits per heavy atom. The molecule has 0 aliphatic carbocycles. The third-order valence-electron chi connectivity index (χ3n) is 8.14. The van der Waals surface area contributed by atoms with E-state index in [1.165, 1.54) is 0 Å². The van der Waals surface area contributed by atoms with Crippen molar-refractivity contribution in [2.75, 3.05) is 36.0 Å². The Balaban J connectivity index is 2.04. The molecule has 42 heavy (non-hydrogen) atoms. The van der Waals surface area contributed by atoms with E-state index in [0.29, 0.717) is 32.6 Å². The van der Waals surface area contributed by atoms with Crippen molar-refractivity contribution in [1.29, 1.82) is 0 Å². The van der Waals surface area contributed by atoms with Gasteiger partial charge in [0.25, 0.3) is 0 Å². The number of aromatic hydroxyl groups is 2. The summed E-state index contributed by atoms with van der Waals surface area (Å²) in [6.45, 7) is 15.1. The minimum Gasteiger partial charge on any atom is -0.493 e. The highest BCUT2D eigenvalue weighted by atomic mass is 16.3. The largest absolute Gasteiger partial charge is 0.493 e. The van der Waals surface area contributed by atoms with Crippen molar-refractivity contribution in [2.24, 2.45) is 0 Å². The van der Waals surface area contributed by atoms with E-state index < -0.39 is 10.9 Å². The van der Waals surface area contributed by atoms with Crippen molar-refractivity contribution in [3.05, 3.63) is 80.1 Å². The lowest BCUT2D eigenvalue weighted by Crippen LogP contribution is -2.26. The fraction of sp³-hybridized carbons (Fsp3) is 0.294. The first-order chi connectivity index (χ1) is 20.1. The van der Waals surface area contributed by atoms with Gasteiger partial charge in [0, 0.05) is 59.1 Å². The van der Waals surface area contributed by atoms with Crippen LogP contribution in [-0.2, 0) is 0 Å². The van der Waals surface area contributed by atoms with Gasteiger partial charge in [0.05, 0.1) is 21.8 Å². The van der Waals surface area contributed by atoms with Crippen LogP contribution < -0.4 is 20.7 Å². The molecule has 0 unspecified atom stereocenters. The van der Waals surface area contributed by atoms with E-state index in [-0.39, 0.29) is 22.5 Å². The molecule has 2 N–H and O–H groups in total. The van der Waals surface area contributed by atoms with Crippen molar-refractivity contribution in [1.82, 2.24) is 9.97 Å². The van der Waals surface area contributed by atoms with Crippen LogP contribution in [-0.4, -0.2) is 46.4 Å². The first-order valence-electron chi connectivity index (χ1n) is 14.4. The molecule has 4 aromatic heterocycles. The van der Waals surface area contributed by atoms with Crippen LogP contribution in [0.4, 0.5) is 11.4 Å². The highest BCUT2D eigenvalue weighted by Gasteiger charge is 2.20. The van der Waals surface area contributed by atoms with Crippen LogP contribution in [0.5, 0.6) is 11.8 Å². The van der Waals surface area contributed by atoms with Gasteiger partial charge < -0.3 is 20.0 Å². The predicted molar refractivity (Wildman–Crippen MR) is 173 cm³/mol. The molecule has 0 aliphatic heterocycles. The fourth-order valence-corrected chi connectivity index (χ4v) is 5.78. The molecule has 0 aliphatic rings. The van der Waals surface area contributed by atoms with Crippen LogP contribution in [0.3, 0.4) is 0 Å². The third kappa shape index (κ3) is 4.76. The van der Waals surface area contributed by atoms with E-state index in [4.69, 9.17) is 0 Å². The summed E-state index contributed by atoms with van der Waals surface area (Å²) in [4.78, 5) is 41.1. The van der Waals surface area contributed by atoms with Gasteiger partial charge in [-0.25, -0.2) is 9.97 Å². The Kier molecular flexibility index (Phi) is 7.73. The summed E-state index contributed by atoms with van der Waals surface area (Å²) in [7, 11) is 0. The van der Waals surface area contributed by atoms with E-state index in [9.17, 15) is 19.8 Å². The number of aryl methyl sites for hydroxylation is 2. The molecule has 8 heteroatoms. The van der Waals surface area contributed by atoms with Crippen molar-refractivity contribution < 1.29 is 10.2 Å². The molecule has 8 nitrogen and oxygen atoms in total. The Morgan fingerprint density at radius 1 is 0.595 bits per heavy atom. The molecule has 4 bridgehead atoms. The van der Waals surface area contributed by atoms with Crippen LogP contribution in [0, 0.1) is 13.8 Å². The zero-order chi connectivity index (χ0) is 30.3. The minimum atomic E-state index is -0.411. The number of rotatable bonds is 6. The number of aromatic nitrogens is 2. The maximum absolute atomic E-state index is 13.9. The molecule has 0 radical (unpaired) electrons. The summed E-state index contributed by atoms with van der Waals surface area (Å²) in [5.41, 5.74) is 3.46. The summed E-state index contributed by atoms with van der Waals surface area (Å²) < 4.78 is 0. The zero-order valence-corrected chi connectivity index (χ0v) is 24.9. The van der Waals surface area contributed by atoms with Crippen molar-refractivity contribution in [2.45, 2.75) is 41.5 Å². The lowest BCUT2D eigenvalue weighted by atomic mass is 9.97. The normalized spacial score (nSPS) is 11.4. The predicted octanol–water partition coefficient (Wildman–Crippen LogP) is 6.09. The van der Waals surface area contributed by atoms with Gasteiger partial charge in [-0.2, -0.15) is 0 Å². The quantitative estimate of drug-likeness (QED) is 0.255. The number of nitrogens with zero attached hydrogens (tertiary/aromatic N) is 4. The number of anilines is 2. The zero-order valence-electron chi connectivity index (χ0n) is 24.9. The average Bonchev–Trinajstić information content (AvgIpc) is 2.98. The van der Waals surface area contributed by atoms with E-state index >= 15 is 0 Å². The molecular formula is C34H36N4O4. The number of hydrogen-bond donors (Lipinski definition) is 2. The molecule has 0 spiro atoms. The van der Waals surface area contributed by atoms with Crippen LogP contribution in [0.15, 0.2) is 58.1 Å². The summed E-state index contributed by atoms with van der Waals surface area (Å²) in [5.74, 6) is -0.537. The molecule has 216 valence electrons. The molecule has 8 rings (SSSR count). The summed E-state index contributed by atoms with van der Waals surface area (Å²) >= 11 is 0. The van der Waals surface area contributed by atoms with Gasteiger partial charge in [0.2, 0.25) is 22.6 Å². The van der Waals surface area contributed by atoms with Crippen molar-refractivity contribution >= 4 is 54.7 Å². The lowest BCUT2D eigenvalue weighted by molar-refractivity contribution is 0.461. The average molecular weight is 565 g/mol. The second kappa shape index (κ2) is 11.3. The SMILES string of the molecule is CCN(CC)c1cc2nc(O)c3ccc(cc3)c(O)nc3cc(N(CC)CC)c(C)cc3c3c(=O)c(c3=O)c2cc1C. The molecule has 4 aromatic carbocycles. The highest BCUT2D eigenvalue weighted by Crippen LogP contribution is 2.31. The van der Waals surface area contributed by atoms with E-state index in [1.807, 2.05) is 38.1 Å². The number of benzene rings is 3.